The molecule has 1 rings (SSSR count). The second-order valence-corrected chi connectivity index (χ2v) is 4.02. The van der Waals surface area contributed by atoms with E-state index in [1.165, 1.54) is 6.92 Å². The third-order valence-corrected chi connectivity index (χ3v) is 2.65. The molecular weight excluding hydrogens is 246 g/mol. The van der Waals surface area contributed by atoms with E-state index >= 15 is 0 Å². The fraction of sp³-hybridized carbons (Fsp3) is 0.308. The number of ether oxygens (including phenoxy) is 1. The third-order valence-electron chi connectivity index (χ3n) is 2.65. The number of urea groups is 1. The van der Waals surface area contributed by atoms with Gasteiger partial charge in [0.25, 0.3) is 0 Å². The molecule has 100 valence electrons. The van der Waals surface area contributed by atoms with Crippen molar-refractivity contribution in [3.05, 3.63) is 35.4 Å². The van der Waals surface area contributed by atoms with Gasteiger partial charge >= 0.3 is 12.0 Å². The van der Waals surface area contributed by atoms with E-state index in [0.717, 1.165) is 0 Å². The molecule has 1 aromatic carbocycles. The van der Waals surface area contributed by atoms with Crippen LogP contribution < -0.4 is 11.1 Å². The molecule has 2 amide bonds. The molecule has 1 unspecified atom stereocenters. The van der Waals surface area contributed by atoms with Crippen molar-refractivity contribution in [2.75, 3.05) is 6.61 Å². The minimum absolute atomic E-state index is 0.186. The minimum Gasteiger partial charge on any atom is -0.464 e. The number of nitrogens with one attached hydrogen (secondary N) is 1. The van der Waals surface area contributed by atoms with Crippen LogP contribution in [0.4, 0.5) is 4.79 Å². The van der Waals surface area contributed by atoms with E-state index < -0.39 is 17.5 Å². The summed E-state index contributed by atoms with van der Waals surface area (Å²) in [6, 6.07) is 7.39. The number of benzene rings is 1. The SMILES string of the molecule is CCOC(=O)C(C)(NC(N)=O)c1ccc(C#N)cc1. The zero-order chi connectivity index (χ0) is 14.5. The van der Waals surface area contributed by atoms with Gasteiger partial charge in [-0.15, -0.1) is 0 Å². The van der Waals surface area contributed by atoms with Crippen molar-refractivity contribution in [2.24, 2.45) is 5.73 Å². The highest BCUT2D eigenvalue weighted by atomic mass is 16.5. The summed E-state index contributed by atoms with van der Waals surface area (Å²) in [5.41, 5.74) is 4.66. The monoisotopic (exact) mass is 261 g/mol. The summed E-state index contributed by atoms with van der Waals surface area (Å²) in [5, 5.41) is 11.1. The van der Waals surface area contributed by atoms with Gasteiger partial charge in [-0.05, 0) is 31.5 Å². The van der Waals surface area contributed by atoms with Gasteiger partial charge < -0.3 is 15.8 Å². The Labute approximate surface area is 111 Å². The predicted octanol–water partition coefficient (Wildman–Crippen LogP) is 1.00. The van der Waals surface area contributed by atoms with Crippen molar-refractivity contribution in [2.45, 2.75) is 19.4 Å². The van der Waals surface area contributed by atoms with Crippen LogP contribution in [0.1, 0.15) is 25.0 Å². The summed E-state index contributed by atoms with van der Waals surface area (Å²) < 4.78 is 4.94. The molecule has 0 saturated carbocycles. The van der Waals surface area contributed by atoms with Gasteiger partial charge in [0, 0.05) is 0 Å². The van der Waals surface area contributed by atoms with Crippen molar-refractivity contribution in [3.63, 3.8) is 0 Å². The van der Waals surface area contributed by atoms with Crippen molar-refractivity contribution >= 4 is 12.0 Å². The molecule has 19 heavy (non-hydrogen) atoms. The highest BCUT2D eigenvalue weighted by molar-refractivity contribution is 5.87. The fourth-order valence-electron chi connectivity index (χ4n) is 1.64. The van der Waals surface area contributed by atoms with Crippen LogP contribution in [0.5, 0.6) is 0 Å². The Morgan fingerprint density at radius 2 is 2.00 bits per heavy atom. The van der Waals surface area contributed by atoms with E-state index in [0.29, 0.717) is 11.1 Å². The Balaban J connectivity index is 3.18. The zero-order valence-electron chi connectivity index (χ0n) is 10.8. The number of nitriles is 1. The molecule has 0 aliphatic heterocycles. The number of carbonyl (C=O) groups is 2. The molecule has 0 fully saturated rings. The average Bonchev–Trinajstić information content (AvgIpc) is 2.38. The molecule has 1 atom stereocenters. The van der Waals surface area contributed by atoms with E-state index in [-0.39, 0.29) is 6.61 Å². The van der Waals surface area contributed by atoms with Gasteiger partial charge in [-0.2, -0.15) is 5.26 Å². The molecule has 0 aromatic heterocycles. The molecule has 6 nitrogen and oxygen atoms in total. The molecule has 0 saturated heterocycles. The van der Waals surface area contributed by atoms with E-state index in [1.54, 1.807) is 31.2 Å². The molecule has 0 radical (unpaired) electrons. The van der Waals surface area contributed by atoms with Crippen molar-refractivity contribution < 1.29 is 14.3 Å². The normalized spacial score (nSPS) is 12.9. The van der Waals surface area contributed by atoms with E-state index in [4.69, 9.17) is 15.7 Å². The first-order valence-corrected chi connectivity index (χ1v) is 5.69. The lowest BCUT2D eigenvalue weighted by atomic mass is 9.91. The lowest BCUT2D eigenvalue weighted by Gasteiger charge is -2.28. The van der Waals surface area contributed by atoms with Crippen LogP contribution in [0, 0.1) is 11.3 Å². The molecule has 1 aromatic rings. The number of esters is 1. The van der Waals surface area contributed by atoms with Crippen LogP contribution in [0.25, 0.3) is 0 Å². The maximum Gasteiger partial charge on any atom is 0.336 e. The second kappa shape index (κ2) is 5.87. The zero-order valence-corrected chi connectivity index (χ0v) is 10.8. The van der Waals surface area contributed by atoms with Crippen LogP contribution in [0.3, 0.4) is 0 Å². The lowest BCUT2D eigenvalue weighted by Crippen LogP contribution is -2.52. The third kappa shape index (κ3) is 3.22. The Morgan fingerprint density at radius 1 is 1.42 bits per heavy atom. The largest absolute Gasteiger partial charge is 0.464 e. The van der Waals surface area contributed by atoms with E-state index in [2.05, 4.69) is 5.32 Å². The first kappa shape index (κ1) is 14.5. The van der Waals surface area contributed by atoms with Crippen LogP contribution >= 0.6 is 0 Å². The molecular formula is C13H15N3O3. The quantitative estimate of drug-likeness (QED) is 0.789. The standard InChI is InChI=1S/C13H15N3O3/c1-3-19-11(17)13(2,16-12(15)18)10-6-4-9(8-14)5-7-10/h4-7H,3H2,1-2H3,(H3,15,16,18). The van der Waals surface area contributed by atoms with Gasteiger partial charge in [0.15, 0.2) is 5.54 Å². The Hall–Kier alpha value is -2.55. The van der Waals surface area contributed by atoms with Crippen molar-refractivity contribution in [3.8, 4) is 6.07 Å². The van der Waals surface area contributed by atoms with Crippen LogP contribution in [0.15, 0.2) is 24.3 Å². The number of hydrogen-bond donors (Lipinski definition) is 2. The van der Waals surface area contributed by atoms with Crippen LogP contribution in [-0.4, -0.2) is 18.6 Å². The summed E-state index contributed by atoms with van der Waals surface area (Å²) in [6.07, 6.45) is 0. The lowest BCUT2D eigenvalue weighted by molar-refractivity contribution is -0.150. The van der Waals surface area contributed by atoms with Gasteiger partial charge in [-0.25, -0.2) is 9.59 Å². The van der Waals surface area contributed by atoms with E-state index in [1.807, 2.05) is 6.07 Å². The summed E-state index contributed by atoms with van der Waals surface area (Å²) in [5.74, 6) is -0.612. The number of amides is 2. The number of nitrogens with two attached hydrogens (primary N) is 1. The van der Waals surface area contributed by atoms with E-state index in [9.17, 15) is 9.59 Å². The maximum absolute atomic E-state index is 12.0. The summed E-state index contributed by atoms with van der Waals surface area (Å²) in [4.78, 5) is 23.1. The van der Waals surface area contributed by atoms with Gasteiger partial charge in [0.2, 0.25) is 0 Å². The summed E-state index contributed by atoms with van der Waals surface area (Å²) in [7, 11) is 0. The molecule has 3 N–H and O–H groups in total. The highest BCUT2D eigenvalue weighted by Crippen LogP contribution is 2.23. The number of hydrogen-bond acceptors (Lipinski definition) is 4. The molecule has 0 bridgehead atoms. The molecule has 0 heterocycles. The van der Waals surface area contributed by atoms with Gasteiger partial charge in [0.05, 0.1) is 18.2 Å². The Kier molecular flexibility index (Phi) is 4.48. The smallest absolute Gasteiger partial charge is 0.336 e. The van der Waals surface area contributed by atoms with Crippen molar-refractivity contribution in [1.29, 1.82) is 5.26 Å². The molecule has 0 aliphatic rings. The number of primary amides is 1. The maximum atomic E-state index is 12.0. The van der Waals surface area contributed by atoms with Gasteiger partial charge in [0.1, 0.15) is 0 Å². The predicted molar refractivity (Wildman–Crippen MR) is 67.9 cm³/mol. The Bertz CT molecular complexity index is 519. The van der Waals surface area contributed by atoms with Crippen molar-refractivity contribution in [1.82, 2.24) is 5.32 Å². The number of carbonyl (C=O) groups excluding carboxylic acids is 2. The average molecular weight is 261 g/mol. The highest BCUT2D eigenvalue weighted by Gasteiger charge is 2.37. The van der Waals surface area contributed by atoms with Crippen LogP contribution in [0.2, 0.25) is 0 Å². The molecule has 0 aliphatic carbocycles. The molecule has 6 heteroatoms. The minimum atomic E-state index is -1.38. The Morgan fingerprint density at radius 3 is 2.42 bits per heavy atom. The number of rotatable bonds is 4. The van der Waals surface area contributed by atoms with Gasteiger partial charge in [-0.3, -0.25) is 0 Å². The second-order valence-electron chi connectivity index (χ2n) is 4.02. The topological polar surface area (TPSA) is 105 Å². The number of nitrogens with zero attached hydrogens (tertiary/aromatic N) is 1. The first-order chi connectivity index (χ1) is 8.93. The summed E-state index contributed by atoms with van der Waals surface area (Å²) >= 11 is 0. The summed E-state index contributed by atoms with van der Waals surface area (Å²) in [6.45, 7) is 3.35. The fourth-order valence-corrected chi connectivity index (χ4v) is 1.64. The first-order valence-electron chi connectivity index (χ1n) is 5.69. The van der Waals surface area contributed by atoms with Gasteiger partial charge in [-0.1, -0.05) is 12.1 Å². The molecule has 0 spiro atoms. The van der Waals surface area contributed by atoms with Crippen LogP contribution in [-0.2, 0) is 15.1 Å².